The summed E-state index contributed by atoms with van der Waals surface area (Å²) in [5.41, 5.74) is 0. The van der Waals surface area contributed by atoms with E-state index < -0.39 is 18.2 Å². The molecule has 60 heavy (non-hydrogen) atoms. The second-order valence-corrected chi connectivity index (χ2v) is 16.5. The van der Waals surface area contributed by atoms with E-state index in [9.17, 15) is 19.8 Å². The fourth-order valence-corrected chi connectivity index (χ4v) is 6.96. The molecule has 0 heterocycles. The first kappa shape index (κ1) is 57.0. The SMILES string of the molecule is CC/C=C\C/C=C\C/C=C\C/C=C\C/C=C\C/C=C\C(CC(=O)NC(CO)C(O)CCCCCCCCCCCCCCCC)OC(=O)CCCCCCC/C=C\CCC. The number of hydrogen-bond donors (Lipinski definition) is 3. The molecule has 0 aromatic heterocycles. The number of carbonyl (C=O) groups excluding carboxylic acids is 2. The number of hydrogen-bond acceptors (Lipinski definition) is 5. The van der Waals surface area contributed by atoms with E-state index in [2.05, 4.69) is 99.0 Å². The van der Waals surface area contributed by atoms with Gasteiger partial charge in [0.05, 0.1) is 25.2 Å². The van der Waals surface area contributed by atoms with Gasteiger partial charge in [0.15, 0.2) is 0 Å². The van der Waals surface area contributed by atoms with Crippen LogP contribution in [0.3, 0.4) is 0 Å². The van der Waals surface area contributed by atoms with Gasteiger partial charge in [-0.25, -0.2) is 0 Å². The maximum atomic E-state index is 13.1. The zero-order valence-corrected chi connectivity index (χ0v) is 39.1. The maximum Gasteiger partial charge on any atom is 0.306 e. The third-order valence-electron chi connectivity index (χ3n) is 10.7. The predicted octanol–water partition coefficient (Wildman–Crippen LogP) is 14.8. The van der Waals surface area contributed by atoms with Gasteiger partial charge in [0.2, 0.25) is 5.91 Å². The maximum absolute atomic E-state index is 13.1. The van der Waals surface area contributed by atoms with Gasteiger partial charge in [-0.05, 0) is 76.7 Å². The molecule has 0 aliphatic heterocycles. The quantitative estimate of drug-likeness (QED) is 0.0323. The third kappa shape index (κ3) is 41.8. The molecule has 3 N–H and O–H groups in total. The van der Waals surface area contributed by atoms with Gasteiger partial charge in [-0.1, -0.05) is 215 Å². The van der Waals surface area contributed by atoms with Crippen molar-refractivity contribution in [3.63, 3.8) is 0 Å². The molecule has 1 amide bonds. The Morgan fingerprint density at radius 1 is 0.517 bits per heavy atom. The minimum Gasteiger partial charge on any atom is -0.458 e. The molecule has 0 aromatic rings. The first-order valence-corrected chi connectivity index (χ1v) is 24.8. The summed E-state index contributed by atoms with van der Waals surface area (Å²) in [4.78, 5) is 26.0. The lowest BCUT2D eigenvalue weighted by Gasteiger charge is -2.23. The highest BCUT2D eigenvalue weighted by atomic mass is 16.5. The number of rotatable bonds is 43. The Morgan fingerprint density at radius 2 is 0.967 bits per heavy atom. The molecule has 0 saturated heterocycles. The van der Waals surface area contributed by atoms with Gasteiger partial charge in [-0.15, -0.1) is 0 Å². The Bertz CT molecular complexity index is 1160. The Balaban J connectivity index is 4.76. The minimum absolute atomic E-state index is 0.0540. The number of aliphatic hydroxyl groups is 2. The summed E-state index contributed by atoms with van der Waals surface area (Å²) in [5, 5.41) is 23.7. The standard InChI is InChI=1S/C54H93NO5/c1-4-7-10-13-16-19-22-24-26-27-28-29-31-33-36-39-42-45-50(60-54(59)47-44-41-38-35-21-18-15-12-9-6-3)48-53(58)55-51(49-56)52(57)46-43-40-37-34-32-30-25-23-20-17-14-11-8-5-2/h7,10,12,15-16,19,24,26,28-29,33,36,42,45,50-52,56-57H,4-6,8-9,11,13-14,17-18,20-23,25,27,30-32,34-35,37-41,43-44,46-49H2,1-3H3,(H,55,58)/b10-7-,15-12-,19-16-,26-24-,29-28-,36-33-,45-42-. The summed E-state index contributed by atoms with van der Waals surface area (Å²) in [5.74, 6) is -0.647. The van der Waals surface area contributed by atoms with Crippen molar-refractivity contribution in [1.82, 2.24) is 5.32 Å². The van der Waals surface area contributed by atoms with Gasteiger partial charge < -0.3 is 20.3 Å². The molecule has 0 saturated carbocycles. The van der Waals surface area contributed by atoms with Crippen LogP contribution in [0.15, 0.2) is 85.1 Å². The van der Waals surface area contributed by atoms with Gasteiger partial charge in [-0.2, -0.15) is 0 Å². The Labute approximate surface area is 370 Å². The van der Waals surface area contributed by atoms with Crippen molar-refractivity contribution in [2.24, 2.45) is 0 Å². The molecule has 6 nitrogen and oxygen atoms in total. The minimum atomic E-state index is -0.824. The summed E-state index contributed by atoms with van der Waals surface area (Å²) in [6.45, 7) is 6.26. The van der Waals surface area contributed by atoms with Gasteiger partial charge in [0, 0.05) is 6.42 Å². The van der Waals surface area contributed by atoms with Crippen LogP contribution in [0.1, 0.15) is 220 Å². The van der Waals surface area contributed by atoms with Gasteiger partial charge in [0.1, 0.15) is 6.10 Å². The average Bonchev–Trinajstić information content (AvgIpc) is 3.24. The number of unbranched alkanes of at least 4 members (excludes halogenated alkanes) is 19. The number of carbonyl (C=O) groups is 2. The van der Waals surface area contributed by atoms with Crippen LogP contribution in [0.25, 0.3) is 0 Å². The number of nitrogens with one attached hydrogen (secondary N) is 1. The first-order valence-electron chi connectivity index (χ1n) is 24.8. The van der Waals surface area contributed by atoms with Crippen molar-refractivity contribution in [1.29, 1.82) is 0 Å². The molecule has 0 aromatic carbocycles. The number of amides is 1. The summed E-state index contributed by atoms with van der Waals surface area (Å²) in [7, 11) is 0. The van der Waals surface area contributed by atoms with Crippen LogP contribution >= 0.6 is 0 Å². The molecule has 0 rings (SSSR count). The molecular weight excluding hydrogens is 743 g/mol. The largest absolute Gasteiger partial charge is 0.458 e. The Kier molecular flexibility index (Phi) is 44.8. The van der Waals surface area contributed by atoms with E-state index in [1.54, 1.807) is 6.08 Å². The van der Waals surface area contributed by atoms with E-state index in [0.29, 0.717) is 19.3 Å². The first-order chi connectivity index (χ1) is 29.5. The second kappa shape index (κ2) is 47.1. The van der Waals surface area contributed by atoms with Crippen molar-refractivity contribution in [2.75, 3.05) is 6.61 Å². The average molecular weight is 836 g/mol. The van der Waals surface area contributed by atoms with Crippen molar-refractivity contribution in [3.8, 4) is 0 Å². The fourth-order valence-electron chi connectivity index (χ4n) is 6.96. The van der Waals surface area contributed by atoms with Crippen LogP contribution < -0.4 is 5.32 Å². The Hall–Kier alpha value is -2.96. The Morgan fingerprint density at radius 3 is 1.47 bits per heavy atom. The molecule has 0 fully saturated rings. The van der Waals surface area contributed by atoms with Crippen LogP contribution in [0, 0.1) is 0 Å². The zero-order chi connectivity index (χ0) is 43.8. The van der Waals surface area contributed by atoms with Crippen molar-refractivity contribution >= 4 is 11.9 Å². The number of ether oxygens (including phenoxy) is 1. The smallest absolute Gasteiger partial charge is 0.306 e. The van der Waals surface area contributed by atoms with E-state index in [-0.39, 0.29) is 24.9 Å². The van der Waals surface area contributed by atoms with Crippen molar-refractivity contribution in [2.45, 2.75) is 238 Å². The highest BCUT2D eigenvalue weighted by molar-refractivity contribution is 5.78. The second-order valence-electron chi connectivity index (χ2n) is 16.5. The summed E-state index contributed by atoms with van der Waals surface area (Å²) >= 11 is 0. The highest BCUT2D eigenvalue weighted by Gasteiger charge is 2.23. The van der Waals surface area contributed by atoms with Crippen LogP contribution in [-0.4, -0.2) is 46.9 Å². The predicted molar refractivity (Wildman–Crippen MR) is 259 cm³/mol. The van der Waals surface area contributed by atoms with E-state index in [1.165, 1.54) is 83.5 Å². The van der Waals surface area contributed by atoms with Gasteiger partial charge in [-0.3, -0.25) is 9.59 Å². The normalized spacial score (nSPS) is 14.0. The lowest BCUT2D eigenvalue weighted by Crippen LogP contribution is -2.46. The molecule has 6 heteroatoms. The zero-order valence-electron chi connectivity index (χ0n) is 39.1. The summed E-state index contributed by atoms with van der Waals surface area (Å²) in [6.07, 6.45) is 61.0. The number of esters is 1. The highest BCUT2D eigenvalue weighted by Crippen LogP contribution is 2.16. The molecule has 3 atom stereocenters. The molecule has 0 aliphatic rings. The molecule has 0 spiro atoms. The van der Waals surface area contributed by atoms with Crippen LogP contribution in [-0.2, 0) is 14.3 Å². The van der Waals surface area contributed by atoms with E-state index in [4.69, 9.17) is 4.74 Å². The lowest BCUT2D eigenvalue weighted by molar-refractivity contribution is -0.148. The topological polar surface area (TPSA) is 95.9 Å². The fraction of sp³-hybridized carbons (Fsp3) is 0.704. The number of allylic oxidation sites excluding steroid dienone is 13. The lowest BCUT2D eigenvalue weighted by atomic mass is 10.0. The van der Waals surface area contributed by atoms with Crippen LogP contribution in [0.5, 0.6) is 0 Å². The van der Waals surface area contributed by atoms with E-state index in [1.807, 2.05) is 6.08 Å². The van der Waals surface area contributed by atoms with Crippen molar-refractivity contribution in [3.05, 3.63) is 85.1 Å². The summed E-state index contributed by atoms with van der Waals surface area (Å²) in [6, 6.07) is -0.747. The molecular formula is C54H93NO5. The van der Waals surface area contributed by atoms with Crippen LogP contribution in [0.4, 0.5) is 0 Å². The number of aliphatic hydroxyl groups excluding tert-OH is 2. The molecule has 0 bridgehead atoms. The molecule has 0 aliphatic carbocycles. The van der Waals surface area contributed by atoms with Gasteiger partial charge in [0.25, 0.3) is 0 Å². The van der Waals surface area contributed by atoms with E-state index >= 15 is 0 Å². The van der Waals surface area contributed by atoms with Gasteiger partial charge >= 0.3 is 5.97 Å². The third-order valence-corrected chi connectivity index (χ3v) is 10.7. The van der Waals surface area contributed by atoms with Crippen LogP contribution in [0.2, 0.25) is 0 Å². The molecule has 3 unspecified atom stereocenters. The van der Waals surface area contributed by atoms with Crippen molar-refractivity contribution < 1.29 is 24.5 Å². The van der Waals surface area contributed by atoms with E-state index in [0.717, 1.165) is 89.9 Å². The molecule has 344 valence electrons. The molecule has 0 radical (unpaired) electrons. The summed E-state index contributed by atoms with van der Waals surface area (Å²) < 4.78 is 5.80. The monoisotopic (exact) mass is 836 g/mol.